The highest BCUT2D eigenvalue weighted by atomic mass is 79.9. The summed E-state index contributed by atoms with van der Waals surface area (Å²) in [5.74, 6) is 0. The number of hydrogen-bond donors (Lipinski definition) is 1. The molecule has 0 aromatic heterocycles. The first-order valence-corrected chi connectivity index (χ1v) is 6.86. The summed E-state index contributed by atoms with van der Waals surface area (Å²) in [6, 6.07) is 6.05. The van der Waals surface area contributed by atoms with Crippen LogP contribution in [-0.4, -0.2) is 30.7 Å². The fourth-order valence-electron chi connectivity index (χ4n) is 2.13. The third-order valence-corrected chi connectivity index (χ3v) is 4.15. The highest BCUT2D eigenvalue weighted by Gasteiger charge is 2.19. The molecule has 1 unspecified atom stereocenters. The maximum atomic E-state index is 5.89. The van der Waals surface area contributed by atoms with E-state index in [1.54, 1.807) is 0 Å². The Morgan fingerprint density at radius 2 is 2.35 bits per heavy atom. The molecule has 1 aromatic carbocycles. The van der Waals surface area contributed by atoms with Crippen molar-refractivity contribution in [3.8, 4) is 0 Å². The Hall–Kier alpha value is -0.580. The number of nitrogens with two attached hydrogens (primary N) is 1. The quantitative estimate of drug-likeness (QED) is 0.872. The molecule has 1 aliphatic rings. The Kier molecular flexibility index (Phi) is 4.42. The van der Waals surface area contributed by atoms with Crippen LogP contribution in [0.15, 0.2) is 22.7 Å². The largest absolute Gasteiger partial charge is 0.398 e. The Bertz CT molecular complexity index is 384. The molecule has 1 aromatic rings. The highest BCUT2D eigenvalue weighted by molar-refractivity contribution is 9.10. The molecule has 0 aliphatic carbocycles. The number of ether oxygens (including phenoxy) is 1. The van der Waals surface area contributed by atoms with Gasteiger partial charge in [-0.15, -0.1) is 0 Å². The first-order chi connectivity index (χ1) is 8.20. The number of nitrogen functional groups attached to an aromatic ring is 1. The molecule has 1 fully saturated rings. The van der Waals surface area contributed by atoms with E-state index in [1.807, 2.05) is 12.1 Å². The van der Waals surface area contributed by atoms with Crippen molar-refractivity contribution in [2.45, 2.75) is 26.0 Å². The van der Waals surface area contributed by atoms with Crippen molar-refractivity contribution in [2.24, 2.45) is 0 Å². The fraction of sp³-hybridized carbons (Fsp3) is 0.538. The predicted molar refractivity (Wildman–Crippen MR) is 73.9 cm³/mol. The van der Waals surface area contributed by atoms with Gasteiger partial charge in [0.05, 0.1) is 12.7 Å². The molecule has 94 valence electrons. The first kappa shape index (κ1) is 12.9. The Labute approximate surface area is 111 Å². The molecule has 2 N–H and O–H groups in total. The summed E-state index contributed by atoms with van der Waals surface area (Å²) in [7, 11) is 0. The lowest BCUT2D eigenvalue weighted by Crippen LogP contribution is -2.41. The van der Waals surface area contributed by atoms with E-state index in [0.717, 1.165) is 42.8 Å². The zero-order chi connectivity index (χ0) is 12.3. The Morgan fingerprint density at radius 1 is 1.53 bits per heavy atom. The normalized spacial score (nSPS) is 21.6. The van der Waals surface area contributed by atoms with Crippen molar-refractivity contribution in [3.05, 3.63) is 28.2 Å². The zero-order valence-electron chi connectivity index (χ0n) is 10.2. The minimum atomic E-state index is 0.378. The minimum absolute atomic E-state index is 0.378. The molecule has 1 aliphatic heterocycles. The fourth-order valence-corrected chi connectivity index (χ4v) is 2.52. The molecule has 1 heterocycles. The maximum absolute atomic E-state index is 5.89. The van der Waals surface area contributed by atoms with Gasteiger partial charge in [0.2, 0.25) is 0 Å². The van der Waals surface area contributed by atoms with Gasteiger partial charge in [-0.05, 0) is 34.0 Å². The number of nitrogens with zero attached hydrogens (tertiary/aromatic N) is 1. The van der Waals surface area contributed by atoms with Crippen LogP contribution in [0.5, 0.6) is 0 Å². The summed E-state index contributed by atoms with van der Waals surface area (Å²) in [5.41, 5.74) is 7.95. The molecule has 0 saturated carbocycles. The molecule has 17 heavy (non-hydrogen) atoms. The summed E-state index contributed by atoms with van der Waals surface area (Å²) in [4.78, 5) is 2.43. The average Bonchev–Trinajstić information content (AvgIpc) is 2.35. The molecule has 1 saturated heterocycles. The highest BCUT2D eigenvalue weighted by Crippen LogP contribution is 2.25. The average molecular weight is 299 g/mol. The monoisotopic (exact) mass is 298 g/mol. The van der Waals surface area contributed by atoms with E-state index in [4.69, 9.17) is 10.5 Å². The number of rotatable bonds is 3. The van der Waals surface area contributed by atoms with Gasteiger partial charge in [-0.1, -0.05) is 19.1 Å². The smallest absolute Gasteiger partial charge is 0.0700 e. The van der Waals surface area contributed by atoms with Crippen LogP contribution in [-0.2, 0) is 11.3 Å². The van der Waals surface area contributed by atoms with E-state index in [2.05, 4.69) is 33.8 Å². The van der Waals surface area contributed by atoms with Crippen molar-refractivity contribution in [1.82, 2.24) is 4.90 Å². The topological polar surface area (TPSA) is 38.5 Å². The van der Waals surface area contributed by atoms with E-state index in [9.17, 15) is 0 Å². The van der Waals surface area contributed by atoms with Crippen LogP contribution in [0, 0.1) is 0 Å². The number of anilines is 1. The van der Waals surface area contributed by atoms with E-state index >= 15 is 0 Å². The van der Waals surface area contributed by atoms with Gasteiger partial charge in [0.1, 0.15) is 0 Å². The Balaban J connectivity index is 2.02. The van der Waals surface area contributed by atoms with Gasteiger partial charge in [-0.3, -0.25) is 4.90 Å². The van der Waals surface area contributed by atoms with Gasteiger partial charge in [0, 0.05) is 29.8 Å². The van der Waals surface area contributed by atoms with Crippen molar-refractivity contribution in [3.63, 3.8) is 0 Å². The van der Waals surface area contributed by atoms with Gasteiger partial charge in [0.25, 0.3) is 0 Å². The van der Waals surface area contributed by atoms with E-state index in [-0.39, 0.29) is 0 Å². The molecule has 4 heteroatoms. The number of morpholine rings is 1. The molecule has 2 rings (SSSR count). The van der Waals surface area contributed by atoms with Gasteiger partial charge in [-0.2, -0.15) is 0 Å². The van der Waals surface area contributed by atoms with Crippen molar-refractivity contribution < 1.29 is 4.74 Å². The van der Waals surface area contributed by atoms with Crippen LogP contribution >= 0.6 is 15.9 Å². The van der Waals surface area contributed by atoms with Gasteiger partial charge >= 0.3 is 0 Å². The summed E-state index contributed by atoms with van der Waals surface area (Å²) < 4.78 is 6.70. The number of halogens is 1. The predicted octanol–water partition coefficient (Wildman–Crippen LogP) is 2.64. The number of hydrogen-bond acceptors (Lipinski definition) is 3. The van der Waals surface area contributed by atoms with Crippen LogP contribution in [0.2, 0.25) is 0 Å². The molecule has 3 nitrogen and oxygen atoms in total. The summed E-state index contributed by atoms with van der Waals surface area (Å²) in [5, 5.41) is 0. The van der Waals surface area contributed by atoms with Crippen molar-refractivity contribution in [2.75, 3.05) is 25.4 Å². The lowest BCUT2D eigenvalue weighted by molar-refractivity contribution is -0.0325. The lowest BCUT2D eigenvalue weighted by atomic mass is 10.1. The zero-order valence-corrected chi connectivity index (χ0v) is 11.7. The second kappa shape index (κ2) is 5.85. The van der Waals surface area contributed by atoms with E-state index < -0.39 is 0 Å². The maximum Gasteiger partial charge on any atom is 0.0700 e. The molecular formula is C13H19BrN2O. The lowest BCUT2D eigenvalue weighted by Gasteiger charge is -2.32. The first-order valence-electron chi connectivity index (χ1n) is 6.07. The molecule has 0 bridgehead atoms. The molecule has 0 amide bonds. The van der Waals surface area contributed by atoms with Gasteiger partial charge in [0.15, 0.2) is 0 Å². The second-order valence-electron chi connectivity index (χ2n) is 4.46. The summed E-state index contributed by atoms with van der Waals surface area (Å²) in [6.45, 7) is 5.95. The van der Waals surface area contributed by atoms with Gasteiger partial charge in [-0.25, -0.2) is 0 Å². The van der Waals surface area contributed by atoms with Crippen LogP contribution in [0.4, 0.5) is 5.69 Å². The van der Waals surface area contributed by atoms with E-state index in [1.165, 1.54) is 5.56 Å². The molecular weight excluding hydrogens is 280 g/mol. The van der Waals surface area contributed by atoms with Gasteiger partial charge < -0.3 is 10.5 Å². The molecule has 0 radical (unpaired) electrons. The Morgan fingerprint density at radius 3 is 3.12 bits per heavy atom. The minimum Gasteiger partial charge on any atom is -0.398 e. The standard InChI is InChI=1S/C13H19BrN2O/c1-2-11-9-16(6-7-17-11)8-10-4-3-5-12(15)13(10)14/h3-5,11H,2,6-9,15H2,1H3. The van der Waals surface area contributed by atoms with Crippen molar-refractivity contribution >= 4 is 21.6 Å². The van der Waals surface area contributed by atoms with Crippen LogP contribution < -0.4 is 5.73 Å². The molecule has 1 atom stereocenters. The summed E-state index contributed by atoms with van der Waals surface area (Å²) in [6.07, 6.45) is 1.46. The van der Waals surface area contributed by atoms with Crippen LogP contribution in [0.3, 0.4) is 0 Å². The van der Waals surface area contributed by atoms with Crippen LogP contribution in [0.25, 0.3) is 0 Å². The summed E-state index contributed by atoms with van der Waals surface area (Å²) >= 11 is 3.56. The van der Waals surface area contributed by atoms with Crippen LogP contribution in [0.1, 0.15) is 18.9 Å². The van der Waals surface area contributed by atoms with Crippen molar-refractivity contribution in [1.29, 1.82) is 0 Å². The third-order valence-electron chi connectivity index (χ3n) is 3.18. The third kappa shape index (κ3) is 3.21. The van der Waals surface area contributed by atoms with E-state index in [0.29, 0.717) is 6.10 Å². The molecule has 0 spiro atoms. The second-order valence-corrected chi connectivity index (χ2v) is 5.25. The number of benzene rings is 1. The SMILES string of the molecule is CCC1CN(Cc2cccc(N)c2Br)CCO1.